The summed E-state index contributed by atoms with van der Waals surface area (Å²) in [5.74, 6) is 0.816. The summed E-state index contributed by atoms with van der Waals surface area (Å²) >= 11 is 0. The molecule has 1 aliphatic heterocycles. The third-order valence-electron chi connectivity index (χ3n) is 5.09. The van der Waals surface area contributed by atoms with E-state index >= 15 is 0 Å². The molecule has 1 aromatic carbocycles. The number of rotatable bonds is 4. The zero-order valence-corrected chi connectivity index (χ0v) is 15.8. The molecule has 2 aromatic heterocycles. The van der Waals surface area contributed by atoms with Gasteiger partial charge in [0.2, 0.25) is 0 Å². The molecule has 6 heteroatoms. The van der Waals surface area contributed by atoms with E-state index in [0.29, 0.717) is 5.69 Å². The van der Waals surface area contributed by atoms with Gasteiger partial charge in [0.15, 0.2) is 0 Å². The summed E-state index contributed by atoms with van der Waals surface area (Å²) in [5.41, 5.74) is 3.21. The van der Waals surface area contributed by atoms with Gasteiger partial charge in [0.1, 0.15) is 17.1 Å². The van der Waals surface area contributed by atoms with Gasteiger partial charge < -0.3 is 14.2 Å². The van der Waals surface area contributed by atoms with Crippen molar-refractivity contribution in [2.24, 2.45) is 7.05 Å². The Kier molecular flexibility index (Phi) is 4.71. The Morgan fingerprint density at radius 3 is 2.44 bits per heavy atom. The first-order chi connectivity index (χ1) is 13.2. The lowest BCUT2D eigenvalue weighted by atomic mass is 10.1. The highest BCUT2D eigenvalue weighted by atomic mass is 16.5. The van der Waals surface area contributed by atoms with E-state index in [2.05, 4.69) is 0 Å². The minimum absolute atomic E-state index is 0.0403. The fourth-order valence-electron chi connectivity index (χ4n) is 3.57. The maximum atomic E-state index is 13.2. The molecule has 6 nitrogen and oxygen atoms in total. The van der Waals surface area contributed by atoms with Crippen molar-refractivity contribution >= 4 is 5.91 Å². The van der Waals surface area contributed by atoms with Gasteiger partial charge in [0.05, 0.1) is 18.5 Å². The first kappa shape index (κ1) is 17.4. The number of carbonyl (C=O) groups excluding carboxylic acids is 1. The van der Waals surface area contributed by atoms with Gasteiger partial charge in [-0.3, -0.25) is 4.79 Å². The van der Waals surface area contributed by atoms with Gasteiger partial charge in [0, 0.05) is 26.3 Å². The molecule has 3 heterocycles. The number of amides is 1. The Balaban J connectivity index is 1.78. The fourth-order valence-corrected chi connectivity index (χ4v) is 3.57. The number of piperidine rings is 1. The molecule has 0 unspecified atom stereocenters. The maximum Gasteiger partial charge on any atom is 0.272 e. The lowest BCUT2D eigenvalue weighted by Crippen LogP contribution is -2.36. The summed E-state index contributed by atoms with van der Waals surface area (Å²) in [7, 11) is 3.62. The van der Waals surface area contributed by atoms with Crippen LogP contribution in [0.25, 0.3) is 17.1 Å². The van der Waals surface area contributed by atoms with E-state index in [0.717, 1.165) is 48.8 Å². The highest BCUT2D eigenvalue weighted by Crippen LogP contribution is 2.25. The molecule has 1 fully saturated rings. The van der Waals surface area contributed by atoms with Crippen molar-refractivity contribution in [1.82, 2.24) is 19.2 Å². The molecular weight excluding hydrogens is 340 g/mol. The molecule has 3 aromatic rings. The van der Waals surface area contributed by atoms with E-state index in [9.17, 15) is 4.79 Å². The van der Waals surface area contributed by atoms with E-state index in [-0.39, 0.29) is 5.91 Å². The zero-order valence-electron chi connectivity index (χ0n) is 15.8. The quantitative estimate of drug-likeness (QED) is 0.712. The van der Waals surface area contributed by atoms with Crippen molar-refractivity contribution in [2.45, 2.75) is 19.3 Å². The Morgan fingerprint density at radius 2 is 1.81 bits per heavy atom. The van der Waals surface area contributed by atoms with Crippen molar-refractivity contribution in [2.75, 3.05) is 20.2 Å². The summed E-state index contributed by atoms with van der Waals surface area (Å²) in [5, 5.41) is 4.76. The second kappa shape index (κ2) is 7.31. The normalized spacial score (nSPS) is 14.4. The Bertz CT molecular complexity index is 934. The molecule has 140 valence electrons. The van der Waals surface area contributed by atoms with Gasteiger partial charge in [0.25, 0.3) is 5.91 Å². The van der Waals surface area contributed by atoms with Gasteiger partial charge >= 0.3 is 0 Å². The van der Waals surface area contributed by atoms with Crippen LogP contribution in [0.1, 0.15) is 29.8 Å². The number of nitrogens with zero attached hydrogens (tertiary/aromatic N) is 4. The Labute approximate surface area is 159 Å². The zero-order chi connectivity index (χ0) is 18.8. The number of ether oxygens (including phenoxy) is 1. The number of aromatic nitrogens is 3. The predicted octanol–water partition coefficient (Wildman–Crippen LogP) is 3.51. The third-order valence-corrected chi connectivity index (χ3v) is 5.09. The summed E-state index contributed by atoms with van der Waals surface area (Å²) in [4.78, 5) is 15.2. The largest absolute Gasteiger partial charge is 0.497 e. The minimum atomic E-state index is 0.0403. The average molecular weight is 364 g/mol. The summed E-state index contributed by atoms with van der Waals surface area (Å²) in [6.45, 7) is 1.62. The van der Waals surface area contributed by atoms with Crippen LogP contribution in [0.5, 0.6) is 5.75 Å². The third kappa shape index (κ3) is 3.35. The molecule has 0 spiro atoms. The molecule has 0 bridgehead atoms. The molecule has 0 N–H and O–H groups in total. The topological polar surface area (TPSA) is 52.3 Å². The van der Waals surface area contributed by atoms with E-state index in [1.165, 1.54) is 6.42 Å². The van der Waals surface area contributed by atoms with Crippen LogP contribution in [0.15, 0.2) is 48.7 Å². The first-order valence-corrected chi connectivity index (χ1v) is 9.33. The lowest BCUT2D eigenvalue weighted by molar-refractivity contribution is 0.0715. The van der Waals surface area contributed by atoms with Gasteiger partial charge in [-0.05, 0) is 61.7 Å². The van der Waals surface area contributed by atoms with Crippen LogP contribution in [-0.4, -0.2) is 45.4 Å². The molecule has 4 rings (SSSR count). The van der Waals surface area contributed by atoms with Gasteiger partial charge in [-0.1, -0.05) is 0 Å². The smallest absolute Gasteiger partial charge is 0.272 e. The molecular formula is C21H24N4O2. The Morgan fingerprint density at radius 1 is 1.07 bits per heavy atom. The Hall–Kier alpha value is -3.02. The molecule has 0 atom stereocenters. The van der Waals surface area contributed by atoms with Crippen molar-refractivity contribution in [1.29, 1.82) is 0 Å². The van der Waals surface area contributed by atoms with Gasteiger partial charge in [-0.15, -0.1) is 0 Å². The van der Waals surface area contributed by atoms with Crippen molar-refractivity contribution < 1.29 is 9.53 Å². The first-order valence-electron chi connectivity index (χ1n) is 9.33. The number of benzene rings is 1. The number of methoxy groups -OCH3 is 1. The van der Waals surface area contributed by atoms with Crippen molar-refractivity contribution in [3.05, 3.63) is 54.4 Å². The maximum absolute atomic E-state index is 13.2. The fraction of sp³-hybridized carbons (Fsp3) is 0.333. The van der Waals surface area contributed by atoms with Crippen LogP contribution in [0.4, 0.5) is 0 Å². The van der Waals surface area contributed by atoms with E-state index in [1.807, 2.05) is 65.2 Å². The molecule has 1 saturated heterocycles. The molecule has 1 amide bonds. The highest BCUT2D eigenvalue weighted by Gasteiger charge is 2.24. The second-order valence-electron chi connectivity index (χ2n) is 6.88. The van der Waals surface area contributed by atoms with Crippen molar-refractivity contribution in [3.8, 4) is 22.8 Å². The van der Waals surface area contributed by atoms with Crippen LogP contribution in [0.3, 0.4) is 0 Å². The predicted molar refractivity (Wildman–Crippen MR) is 104 cm³/mol. The van der Waals surface area contributed by atoms with Gasteiger partial charge in [-0.2, -0.15) is 5.10 Å². The van der Waals surface area contributed by atoms with Gasteiger partial charge in [-0.25, -0.2) is 4.68 Å². The molecule has 27 heavy (non-hydrogen) atoms. The van der Waals surface area contributed by atoms with Crippen molar-refractivity contribution in [3.63, 3.8) is 0 Å². The van der Waals surface area contributed by atoms with Crippen LogP contribution in [-0.2, 0) is 7.05 Å². The number of aryl methyl sites for hydroxylation is 1. The molecule has 0 aliphatic carbocycles. The standard InChI is InChI=1S/C21H24N4O2/c1-23-12-6-7-19(23)18-15-20(21(26)24-13-4-3-5-14-24)25(22-18)16-8-10-17(27-2)11-9-16/h6-12,15H,3-5,13-14H2,1-2H3. The van der Waals surface area contributed by atoms with Crippen LogP contribution in [0.2, 0.25) is 0 Å². The van der Waals surface area contributed by atoms with E-state index < -0.39 is 0 Å². The van der Waals surface area contributed by atoms with E-state index in [1.54, 1.807) is 11.8 Å². The number of likely N-dealkylation sites (tertiary alicyclic amines) is 1. The lowest BCUT2D eigenvalue weighted by Gasteiger charge is -2.26. The SMILES string of the molecule is COc1ccc(-n2nc(-c3cccn3C)cc2C(=O)N2CCCCC2)cc1. The summed E-state index contributed by atoms with van der Waals surface area (Å²) in [6.07, 6.45) is 5.30. The number of hydrogen-bond acceptors (Lipinski definition) is 3. The average Bonchev–Trinajstić information content (AvgIpc) is 3.34. The minimum Gasteiger partial charge on any atom is -0.497 e. The summed E-state index contributed by atoms with van der Waals surface area (Å²) in [6, 6.07) is 13.5. The molecule has 1 aliphatic rings. The van der Waals surface area contributed by atoms with Crippen LogP contribution < -0.4 is 4.74 Å². The molecule has 0 saturated carbocycles. The monoisotopic (exact) mass is 364 g/mol. The van der Waals surface area contributed by atoms with Crippen LogP contribution in [0, 0.1) is 0 Å². The molecule has 0 radical (unpaired) electrons. The van der Waals surface area contributed by atoms with E-state index in [4.69, 9.17) is 9.84 Å². The number of hydrogen-bond donors (Lipinski definition) is 0. The second-order valence-corrected chi connectivity index (χ2v) is 6.88. The highest BCUT2D eigenvalue weighted by molar-refractivity contribution is 5.94. The number of carbonyl (C=O) groups is 1. The van der Waals surface area contributed by atoms with Crippen LogP contribution >= 0.6 is 0 Å². The summed E-state index contributed by atoms with van der Waals surface area (Å²) < 4.78 is 9.01.